The fourth-order valence-electron chi connectivity index (χ4n) is 5.59. The number of fused-ring (bicyclic) bond motifs is 6. The number of hydrogen-bond acceptors (Lipinski definition) is 1. The molecule has 3 aromatic heterocycles. The van der Waals surface area contributed by atoms with Crippen molar-refractivity contribution in [2.45, 2.75) is 0 Å². The van der Waals surface area contributed by atoms with Gasteiger partial charge in [-0.15, -0.1) is 0 Å². The first-order valence-electron chi connectivity index (χ1n) is 12.2. The predicted molar refractivity (Wildman–Crippen MR) is 150 cm³/mol. The second-order valence-electron chi connectivity index (χ2n) is 9.36. The average molecular weight is 460 g/mol. The second-order valence-corrected chi connectivity index (χ2v) is 9.36. The number of hydrogen-bond donors (Lipinski definition) is 0. The Morgan fingerprint density at radius 3 is 2.19 bits per heavy atom. The van der Waals surface area contributed by atoms with E-state index in [9.17, 15) is 0 Å². The summed E-state index contributed by atoms with van der Waals surface area (Å²) in [6.45, 7) is 0. The molecule has 36 heavy (non-hydrogen) atoms. The summed E-state index contributed by atoms with van der Waals surface area (Å²) in [4.78, 5) is 5.04. The van der Waals surface area contributed by atoms with Crippen LogP contribution in [0.2, 0.25) is 0 Å². The number of nitrogens with zero attached hydrogens (tertiary/aromatic N) is 3. The number of para-hydroxylation sites is 3. The molecule has 3 heterocycles. The highest BCUT2D eigenvalue weighted by Gasteiger charge is 2.15. The van der Waals surface area contributed by atoms with Gasteiger partial charge in [-0.25, -0.2) is 4.98 Å². The fraction of sp³-hybridized carbons (Fsp3) is 0. The predicted octanol–water partition coefficient (Wildman–Crippen LogP) is 8.43. The number of rotatable bonds is 2. The molecule has 0 amide bonds. The van der Waals surface area contributed by atoms with Crippen LogP contribution in [0.25, 0.3) is 65.9 Å². The molecular weight excluding hydrogens is 438 g/mol. The zero-order chi connectivity index (χ0) is 23.6. The largest absolute Gasteiger partial charge is 0.317 e. The van der Waals surface area contributed by atoms with E-state index in [4.69, 9.17) is 4.98 Å². The lowest BCUT2D eigenvalue weighted by molar-refractivity contribution is 1.10. The smallest absolute Gasteiger partial charge is 0.138 e. The van der Waals surface area contributed by atoms with Crippen molar-refractivity contribution in [1.82, 2.24) is 14.1 Å². The molecule has 168 valence electrons. The van der Waals surface area contributed by atoms with Crippen molar-refractivity contribution < 1.29 is 0 Å². The topological polar surface area (TPSA) is 22.8 Å². The molecule has 0 spiro atoms. The van der Waals surface area contributed by atoms with Gasteiger partial charge in [0.1, 0.15) is 5.82 Å². The van der Waals surface area contributed by atoms with E-state index in [0.29, 0.717) is 0 Å². The summed E-state index contributed by atoms with van der Waals surface area (Å²) >= 11 is 0. The van der Waals surface area contributed by atoms with Crippen LogP contribution in [0.4, 0.5) is 0 Å². The highest BCUT2D eigenvalue weighted by molar-refractivity contribution is 6.15. The summed E-state index contributed by atoms with van der Waals surface area (Å²) in [5.74, 6) is 0.940. The van der Waals surface area contributed by atoms with Crippen molar-refractivity contribution in [1.29, 1.82) is 0 Å². The van der Waals surface area contributed by atoms with Crippen LogP contribution < -0.4 is 0 Å². The number of pyridine rings is 1. The van der Waals surface area contributed by atoms with Gasteiger partial charge in [-0.2, -0.15) is 0 Å². The maximum absolute atomic E-state index is 5.04. The first-order chi connectivity index (χ1) is 17.8. The van der Waals surface area contributed by atoms with Crippen molar-refractivity contribution in [3.8, 4) is 11.5 Å². The minimum Gasteiger partial charge on any atom is -0.317 e. The third-order valence-corrected chi connectivity index (χ3v) is 7.29. The van der Waals surface area contributed by atoms with Crippen LogP contribution in [-0.4, -0.2) is 14.1 Å². The summed E-state index contributed by atoms with van der Waals surface area (Å²) in [5, 5.41) is 7.33. The average Bonchev–Trinajstić information content (AvgIpc) is 3.49. The van der Waals surface area contributed by atoms with E-state index < -0.39 is 0 Å². The molecular formula is C33H21N3. The van der Waals surface area contributed by atoms with Crippen LogP contribution in [0, 0.1) is 0 Å². The van der Waals surface area contributed by atoms with Gasteiger partial charge in [0.2, 0.25) is 0 Å². The molecule has 8 aromatic rings. The first-order valence-corrected chi connectivity index (χ1v) is 12.2. The first kappa shape index (κ1) is 19.4. The molecule has 8 rings (SSSR count). The Morgan fingerprint density at radius 2 is 1.25 bits per heavy atom. The molecule has 5 aromatic carbocycles. The van der Waals surface area contributed by atoms with Crippen LogP contribution in [0.3, 0.4) is 0 Å². The summed E-state index contributed by atoms with van der Waals surface area (Å²) in [6.07, 6.45) is 2.16. The maximum atomic E-state index is 5.04. The third-order valence-electron chi connectivity index (χ3n) is 7.29. The molecule has 0 aliphatic heterocycles. The van der Waals surface area contributed by atoms with Gasteiger partial charge in [0, 0.05) is 33.4 Å². The Morgan fingerprint density at radius 1 is 0.472 bits per heavy atom. The molecule has 3 nitrogen and oxygen atoms in total. The fourth-order valence-corrected chi connectivity index (χ4v) is 5.59. The van der Waals surface area contributed by atoms with E-state index in [1.807, 2.05) is 6.07 Å². The zero-order valence-corrected chi connectivity index (χ0v) is 19.5. The van der Waals surface area contributed by atoms with E-state index in [1.54, 1.807) is 0 Å². The van der Waals surface area contributed by atoms with E-state index in [-0.39, 0.29) is 0 Å². The molecule has 0 N–H and O–H groups in total. The molecule has 0 fully saturated rings. The molecule has 0 saturated carbocycles. The summed E-state index contributed by atoms with van der Waals surface area (Å²) < 4.78 is 4.57. The zero-order valence-electron chi connectivity index (χ0n) is 19.5. The Kier molecular flexibility index (Phi) is 3.94. The van der Waals surface area contributed by atoms with Gasteiger partial charge in [-0.1, -0.05) is 54.6 Å². The van der Waals surface area contributed by atoms with Crippen molar-refractivity contribution in [2.75, 3.05) is 0 Å². The van der Waals surface area contributed by atoms with Crippen LogP contribution >= 0.6 is 0 Å². The van der Waals surface area contributed by atoms with Gasteiger partial charge < -0.3 is 4.57 Å². The summed E-state index contributed by atoms with van der Waals surface area (Å²) in [6, 6.07) is 43.2. The van der Waals surface area contributed by atoms with Crippen molar-refractivity contribution in [2.24, 2.45) is 0 Å². The lowest BCUT2D eigenvalue weighted by Gasteiger charge is -2.09. The Balaban J connectivity index is 1.44. The third kappa shape index (κ3) is 2.77. The van der Waals surface area contributed by atoms with Gasteiger partial charge in [0.05, 0.1) is 22.1 Å². The molecule has 0 bridgehead atoms. The van der Waals surface area contributed by atoms with Gasteiger partial charge in [0.25, 0.3) is 0 Å². The molecule has 0 radical (unpaired) electrons. The van der Waals surface area contributed by atoms with Crippen LogP contribution in [0.15, 0.2) is 128 Å². The second kappa shape index (κ2) is 7.30. The monoisotopic (exact) mass is 459 g/mol. The Hall–Kier alpha value is -4.89. The SMILES string of the molecule is c1ccc(-n2ccc3cc4cc5c(cc4cc32)c2ccccc2n5-c2ccc3ccccc3n2)cc1. The maximum Gasteiger partial charge on any atom is 0.138 e. The summed E-state index contributed by atoms with van der Waals surface area (Å²) in [7, 11) is 0. The Labute approximate surface area is 207 Å². The molecule has 0 unspecified atom stereocenters. The highest BCUT2D eigenvalue weighted by atomic mass is 15.1. The number of aromatic nitrogens is 3. The molecule has 0 saturated heterocycles. The van der Waals surface area contributed by atoms with E-state index in [2.05, 4.69) is 131 Å². The van der Waals surface area contributed by atoms with E-state index in [1.165, 1.54) is 49.2 Å². The minimum absolute atomic E-state index is 0.940. The van der Waals surface area contributed by atoms with Crippen LogP contribution in [0.1, 0.15) is 0 Å². The normalized spacial score (nSPS) is 11.9. The van der Waals surface area contributed by atoms with Gasteiger partial charge in [-0.05, 0) is 77.5 Å². The highest BCUT2D eigenvalue weighted by Crippen LogP contribution is 2.36. The van der Waals surface area contributed by atoms with Gasteiger partial charge >= 0.3 is 0 Å². The molecule has 3 heteroatoms. The van der Waals surface area contributed by atoms with Gasteiger partial charge in [-0.3, -0.25) is 4.57 Å². The Bertz CT molecular complexity index is 2100. The van der Waals surface area contributed by atoms with Crippen LogP contribution in [-0.2, 0) is 0 Å². The molecule has 0 aliphatic carbocycles. The standard InChI is InChI=1S/C33H21N3/c1-2-9-26(10-3-1)35-17-16-23-18-24-21-32-28(19-25(24)20-31(23)35)27-11-5-7-13-30(27)36(32)33-15-14-22-8-4-6-12-29(22)34-33/h1-21H. The lowest BCUT2D eigenvalue weighted by Crippen LogP contribution is -1.97. The van der Waals surface area contributed by atoms with E-state index >= 15 is 0 Å². The molecule has 0 aliphatic rings. The minimum atomic E-state index is 0.940. The number of benzene rings is 5. The molecule has 0 atom stereocenters. The van der Waals surface area contributed by atoms with E-state index in [0.717, 1.165) is 16.7 Å². The van der Waals surface area contributed by atoms with Crippen molar-refractivity contribution in [3.63, 3.8) is 0 Å². The van der Waals surface area contributed by atoms with Crippen molar-refractivity contribution in [3.05, 3.63) is 128 Å². The van der Waals surface area contributed by atoms with Gasteiger partial charge in [0.15, 0.2) is 0 Å². The lowest BCUT2D eigenvalue weighted by atomic mass is 10.0. The quantitative estimate of drug-likeness (QED) is 0.254. The summed E-state index contributed by atoms with van der Waals surface area (Å²) in [5.41, 5.74) is 5.74. The van der Waals surface area contributed by atoms with Crippen LogP contribution in [0.5, 0.6) is 0 Å². The van der Waals surface area contributed by atoms with Crippen molar-refractivity contribution >= 4 is 54.4 Å².